The highest BCUT2D eigenvalue weighted by atomic mass is 32.1. The van der Waals surface area contributed by atoms with E-state index in [4.69, 9.17) is 20.1 Å². The number of hydrogen-bond acceptors (Lipinski definition) is 2. The molecule has 142 valence electrons. The van der Waals surface area contributed by atoms with Crippen molar-refractivity contribution < 1.29 is 0 Å². The van der Waals surface area contributed by atoms with Gasteiger partial charge in [-0.15, -0.1) is 0 Å². The van der Waals surface area contributed by atoms with Crippen molar-refractivity contribution in [1.82, 2.24) is 9.55 Å². The van der Waals surface area contributed by atoms with Gasteiger partial charge in [0.15, 0.2) is 4.77 Å². The third-order valence-electron chi connectivity index (χ3n) is 6.66. The Morgan fingerprint density at radius 3 is 2.54 bits per heavy atom. The van der Waals surface area contributed by atoms with E-state index in [0.717, 1.165) is 88.3 Å². The molecule has 26 heavy (non-hydrogen) atoms. The smallest absolute Gasteiger partial charge is 0.257 e. The highest BCUT2D eigenvalue weighted by molar-refractivity contribution is 7.71. The minimum atomic E-state index is -0.0191. The summed E-state index contributed by atoms with van der Waals surface area (Å²) in [5, 5.41) is -0.0191. The molecule has 0 aromatic carbocycles. The first kappa shape index (κ1) is 19.9. The van der Waals surface area contributed by atoms with Gasteiger partial charge in [0.1, 0.15) is 0 Å². The molecule has 5 heteroatoms. The van der Waals surface area contributed by atoms with Gasteiger partial charge in [-0.05, 0) is 50.7 Å². The van der Waals surface area contributed by atoms with E-state index in [0.29, 0.717) is 4.77 Å². The van der Waals surface area contributed by atoms with Crippen LogP contribution in [-0.2, 0) is 12.8 Å². The van der Waals surface area contributed by atoms with E-state index in [9.17, 15) is 4.79 Å². The lowest BCUT2D eigenvalue weighted by molar-refractivity contribution is 0.388. The van der Waals surface area contributed by atoms with E-state index >= 15 is 0 Å². The summed E-state index contributed by atoms with van der Waals surface area (Å²) in [6, 6.07) is 0.223. The van der Waals surface area contributed by atoms with Crippen molar-refractivity contribution in [3.05, 3.63) is 26.4 Å². The van der Waals surface area contributed by atoms with Gasteiger partial charge in [0, 0.05) is 17.3 Å². The standard InChI is InChI=1S/C21H33BN2OS/c1-2-21(22)14-8-7-10-16(11-9-15-21)24-19(25)17-12-5-3-4-6-13-18(17)23-20(24)26/h16H,2-15H2,1H3,(H,23,26). The topological polar surface area (TPSA) is 37.8 Å². The Hall–Kier alpha value is -0.835. The first-order valence-electron chi connectivity index (χ1n) is 10.7. The van der Waals surface area contributed by atoms with Crippen molar-refractivity contribution in [2.75, 3.05) is 0 Å². The van der Waals surface area contributed by atoms with Crippen LogP contribution in [0, 0.1) is 4.77 Å². The third kappa shape index (κ3) is 4.52. The molecule has 1 fully saturated rings. The Kier molecular flexibility index (Phi) is 6.82. The lowest BCUT2D eigenvalue weighted by atomic mass is 9.61. The second kappa shape index (κ2) is 8.90. The van der Waals surface area contributed by atoms with Crippen molar-refractivity contribution in [3.8, 4) is 0 Å². The SMILES string of the molecule is [B]C1(CC)CCCCC(n2c(=S)[nH]c3c(c2=O)CCCCCC3)CCC1. The average molecular weight is 372 g/mol. The highest BCUT2D eigenvalue weighted by Crippen LogP contribution is 2.41. The van der Waals surface area contributed by atoms with Crippen LogP contribution >= 0.6 is 12.2 Å². The minimum absolute atomic E-state index is 0.0191. The maximum absolute atomic E-state index is 13.3. The third-order valence-corrected chi connectivity index (χ3v) is 6.96. The minimum Gasteiger partial charge on any atom is -0.335 e. The maximum Gasteiger partial charge on any atom is 0.257 e. The first-order chi connectivity index (χ1) is 12.5. The molecule has 2 radical (unpaired) electrons. The van der Waals surface area contributed by atoms with Crippen LogP contribution in [0.1, 0.15) is 101 Å². The van der Waals surface area contributed by atoms with Crippen molar-refractivity contribution in [2.45, 2.75) is 108 Å². The molecule has 2 aliphatic carbocycles. The predicted molar refractivity (Wildman–Crippen MR) is 112 cm³/mol. The zero-order chi connectivity index (χ0) is 18.6. The van der Waals surface area contributed by atoms with Gasteiger partial charge in [-0.1, -0.05) is 63.6 Å². The summed E-state index contributed by atoms with van der Waals surface area (Å²) in [4.78, 5) is 16.8. The molecule has 0 amide bonds. The van der Waals surface area contributed by atoms with Gasteiger partial charge in [0.25, 0.3) is 5.56 Å². The average Bonchev–Trinajstić information content (AvgIpc) is 2.68. The molecule has 0 spiro atoms. The zero-order valence-electron chi connectivity index (χ0n) is 16.3. The number of fused-ring (bicyclic) bond motifs is 1. The number of aromatic nitrogens is 2. The number of aryl methyl sites for hydroxylation is 1. The van der Waals surface area contributed by atoms with Crippen LogP contribution in [0.15, 0.2) is 4.79 Å². The van der Waals surface area contributed by atoms with Crippen molar-refractivity contribution in [1.29, 1.82) is 0 Å². The Labute approximate surface area is 164 Å². The molecule has 3 rings (SSSR count). The van der Waals surface area contributed by atoms with Crippen LogP contribution in [0.3, 0.4) is 0 Å². The number of nitrogens with one attached hydrogen (secondary N) is 1. The van der Waals surface area contributed by atoms with E-state index in [-0.39, 0.29) is 16.9 Å². The van der Waals surface area contributed by atoms with E-state index < -0.39 is 0 Å². The Balaban J connectivity index is 1.89. The summed E-state index contributed by atoms with van der Waals surface area (Å²) >= 11 is 5.65. The van der Waals surface area contributed by atoms with Crippen molar-refractivity contribution in [2.24, 2.45) is 0 Å². The molecule has 2 unspecified atom stereocenters. The Morgan fingerprint density at radius 1 is 1.08 bits per heavy atom. The van der Waals surface area contributed by atoms with Gasteiger partial charge in [-0.3, -0.25) is 9.36 Å². The van der Waals surface area contributed by atoms with Crippen molar-refractivity contribution >= 4 is 20.1 Å². The lowest BCUT2D eigenvalue weighted by Crippen LogP contribution is -2.31. The molecular formula is C21H33BN2OS. The van der Waals surface area contributed by atoms with Gasteiger partial charge in [-0.25, -0.2) is 0 Å². The van der Waals surface area contributed by atoms with E-state index in [1.54, 1.807) is 0 Å². The van der Waals surface area contributed by atoms with Crippen LogP contribution < -0.4 is 5.56 Å². The van der Waals surface area contributed by atoms with E-state index in [1.165, 1.54) is 12.8 Å². The molecule has 2 aliphatic rings. The fraction of sp³-hybridized carbons (Fsp3) is 0.810. The van der Waals surface area contributed by atoms with Gasteiger partial charge < -0.3 is 4.98 Å². The van der Waals surface area contributed by atoms with Gasteiger partial charge >= 0.3 is 0 Å². The molecule has 1 aromatic heterocycles. The highest BCUT2D eigenvalue weighted by Gasteiger charge is 2.25. The number of aromatic amines is 1. The quantitative estimate of drug-likeness (QED) is 0.543. The van der Waals surface area contributed by atoms with E-state index in [1.807, 2.05) is 4.57 Å². The van der Waals surface area contributed by atoms with Gasteiger partial charge in [0.05, 0.1) is 7.85 Å². The monoisotopic (exact) mass is 372 g/mol. The molecule has 1 saturated carbocycles. The molecule has 2 atom stereocenters. The first-order valence-corrected chi connectivity index (χ1v) is 11.1. The second-order valence-corrected chi connectivity index (χ2v) is 8.87. The summed E-state index contributed by atoms with van der Waals surface area (Å²) < 4.78 is 2.55. The van der Waals surface area contributed by atoms with Crippen LogP contribution in [0.4, 0.5) is 0 Å². The summed E-state index contributed by atoms with van der Waals surface area (Å²) in [5.74, 6) is 0. The fourth-order valence-corrected chi connectivity index (χ4v) is 5.17. The molecule has 3 nitrogen and oxygen atoms in total. The number of rotatable bonds is 2. The van der Waals surface area contributed by atoms with Crippen molar-refractivity contribution in [3.63, 3.8) is 0 Å². The number of hydrogen-bond donors (Lipinski definition) is 1. The van der Waals surface area contributed by atoms with Gasteiger partial charge in [-0.2, -0.15) is 0 Å². The van der Waals surface area contributed by atoms with Gasteiger partial charge in [0.2, 0.25) is 0 Å². The van der Waals surface area contributed by atoms with Crippen LogP contribution in [0.5, 0.6) is 0 Å². The Bertz CT molecular complexity index is 726. The molecule has 1 N–H and O–H groups in total. The lowest BCUT2D eigenvalue weighted by Gasteiger charge is -2.28. The molecule has 0 bridgehead atoms. The normalized spacial score (nSPS) is 28.1. The molecular weight excluding hydrogens is 339 g/mol. The number of nitrogens with zero attached hydrogens (tertiary/aromatic N) is 1. The molecule has 0 saturated heterocycles. The summed E-state index contributed by atoms with van der Waals surface area (Å²) in [6.07, 6.45) is 15.2. The molecule has 0 aliphatic heterocycles. The van der Waals surface area contributed by atoms with Crippen LogP contribution in [0.25, 0.3) is 0 Å². The fourth-order valence-electron chi connectivity index (χ4n) is 4.82. The summed E-state index contributed by atoms with van der Waals surface area (Å²) in [7, 11) is 6.57. The van der Waals surface area contributed by atoms with Crippen LogP contribution in [0.2, 0.25) is 5.31 Å². The largest absolute Gasteiger partial charge is 0.335 e. The molecule has 1 aromatic rings. The maximum atomic E-state index is 13.3. The van der Waals surface area contributed by atoms with E-state index in [2.05, 4.69) is 11.9 Å². The molecule has 1 heterocycles. The summed E-state index contributed by atoms with van der Waals surface area (Å²) in [5.41, 5.74) is 2.29. The second-order valence-electron chi connectivity index (χ2n) is 8.48. The predicted octanol–water partition coefficient (Wildman–Crippen LogP) is 5.59. The summed E-state index contributed by atoms with van der Waals surface area (Å²) in [6.45, 7) is 2.20. The Morgan fingerprint density at radius 2 is 1.77 bits per heavy atom. The number of H-pyrrole nitrogens is 1. The zero-order valence-corrected chi connectivity index (χ0v) is 17.1. The van der Waals surface area contributed by atoms with Crippen LogP contribution in [-0.4, -0.2) is 17.4 Å².